The van der Waals surface area contributed by atoms with Gasteiger partial charge in [0.2, 0.25) is 5.78 Å². The van der Waals surface area contributed by atoms with Crippen molar-refractivity contribution in [1.29, 1.82) is 0 Å². The second kappa shape index (κ2) is 4.32. The molecule has 0 amide bonds. The van der Waals surface area contributed by atoms with Gasteiger partial charge in [0.15, 0.2) is 0 Å². The summed E-state index contributed by atoms with van der Waals surface area (Å²) in [6.07, 6.45) is 3.34. The summed E-state index contributed by atoms with van der Waals surface area (Å²) >= 11 is 1.57. The lowest BCUT2D eigenvalue weighted by Gasteiger charge is -2.03. The van der Waals surface area contributed by atoms with Crippen molar-refractivity contribution in [1.82, 2.24) is 0 Å². The van der Waals surface area contributed by atoms with Gasteiger partial charge < -0.3 is 0 Å². The molecule has 92 valence electrons. The SMILES string of the molecule is Cc1ccc(F)cc1C(=O)c1cc2c(s1)CCC2. The summed E-state index contributed by atoms with van der Waals surface area (Å²) in [5.41, 5.74) is 2.61. The van der Waals surface area contributed by atoms with E-state index in [1.165, 1.54) is 29.0 Å². The van der Waals surface area contributed by atoms with Crippen LogP contribution in [-0.4, -0.2) is 5.78 Å². The highest BCUT2D eigenvalue weighted by molar-refractivity contribution is 7.14. The highest BCUT2D eigenvalue weighted by atomic mass is 32.1. The molecule has 0 N–H and O–H groups in total. The standard InChI is InChI=1S/C15H13FOS/c1-9-5-6-11(16)8-12(9)15(17)14-7-10-3-2-4-13(10)18-14/h5-8H,2-4H2,1H3. The number of halogens is 1. The first-order valence-electron chi connectivity index (χ1n) is 6.07. The molecule has 3 rings (SSSR count). The largest absolute Gasteiger partial charge is 0.288 e. The summed E-state index contributed by atoms with van der Waals surface area (Å²) in [4.78, 5) is 14.4. The minimum Gasteiger partial charge on any atom is -0.288 e. The summed E-state index contributed by atoms with van der Waals surface area (Å²) < 4.78 is 13.2. The molecule has 1 aliphatic rings. The summed E-state index contributed by atoms with van der Waals surface area (Å²) in [7, 11) is 0. The number of fused-ring (bicyclic) bond motifs is 1. The molecule has 18 heavy (non-hydrogen) atoms. The molecule has 0 unspecified atom stereocenters. The van der Waals surface area contributed by atoms with Gasteiger partial charge in [-0.1, -0.05) is 6.07 Å². The van der Waals surface area contributed by atoms with Gasteiger partial charge in [0.05, 0.1) is 4.88 Å². The van der Waals surface area contributed by atoms with Crippen LogP contribution in [0, 0.1) is 12.7 Å². The van der Waals surface area contributed by atoms with E-state index in [1.807, 2.05) is 13.0 Å². The van der Waals surface area contributed by atoms with Crippen molar-refractivity contribution in [2.24, 2.45) is 0 Å². The molecule has 1 aromatic carbocycles. The van der Waals surface area contributed by atoms with Crippen LogP contribution in [-0.2, 0) is 12.8 Å². The number of rotatable bonds is 2. The average molecular weight is 260 g/mol. The number of ketones is 1. The van der Waals surface area contributed by atoms with E-state index in [0.717, 1.165) is 23.3 Å². The van der Waals surface area contributed by atoms with Crippen LogP contribution < -0.4 is 0 Å². The number of carbonyl (C=O) groups excluding carboxylic acids is 1. The Balaban J connectivity index is 2.01. The number of aryl methyl sites for hydroxylation is 3. The zero-order chi connectivity index (χ0) is 12.7. The molecule has 0 spiro atoms. The molecule has 0 fully saturated rings. The van der Waals surface area contributed by atoms with E-state index in [0.29, 0.717) is 5.56 Å². The Hall–Kier alpha value is -1.48. The van der Waals surface area contributed by atoms with Crippen LogP contribution in [0.25, 0.3) is 0 Å². The highest BCUT2D eigenvalue weighted by Crippen LogP contribution is 2.32. The van der Waals surface area contributed by atoms with Crippen molar-refractivity contribution >= 4 is 17.1 Å². The molecule has 0 saturated carbocycles. The number of thiophene rings is 1. The number of benzene rings is 1. The van der Waals surface area contributed by atoms with E-state index in [1.54, 1.807) is 17.4 Å². The van der Waals surface area contributed by atoms with E-state index in [9.17, 15) is 9.18 Å². The maximum Gasteiger partial charge on any atom is 0.203 e. The molecule has 1 heterocycles. The van der Waals surface area contributed by atoms with Gasteiger partial charge in [-0.3, -0.25) is 4.79 Å². The minimum atomic E-state index is -0.354. The maximum atomic E-state index is 13.2. The molecule has 1 aliphatic carbocycles. The summed E-state index contributed by atoms with van der Waals surface area (Å²) in [6.45, 7) is 1.84. The van der Waals surface area contributed by atoms with E-state index < -0.39 is 0 Å². The van der Waals surface area contributed by atoms with Gasteiger partial charge in [0.25, 0.3) is 0 Å². The topological polar surface area (TPSA) is 17.1 Å². The van der Waals surface area contributed by atoms with Crippen LogP contribution in [0.1, 0.15) is 37.7 Å². The molecule has 0 radical (unpaired) electrons. The van der Waals surface area contributed by atoms with Crippen molar-refractivity contribution in [3.8, 4) is 0 Å². The minimum absolute atomic E-state index is 0.0496. The van der Waals surface area contributed by atoms with E-state index in [4.69, 9.17) is 0 Å². The summed E-state index contributed by atoms with van der Waals surface area (Å²) in [5.74, 6) is -0.403. The Kier molecular flexibility index (Phi) is 2.78. The van der Waals surface area contributed by atoms with Crippen molar-refractivity contribution in [2.75, 3.05) is 0 Å². The normalized spacial score (nSPS) is 13.7. The summed E-state index contributed by atoms with van der Waals surface area (Å²) in [5, 5.41) is 0. The van der Waals surface area contributed by atoms with Gasteiger partial charge in [0.1, 0.15) is 5.82 Å². The van der Waals surface area contributed by atoms with Gasteiger partial charge >= 0.3 is 0 Å². The lowest BCUT2D eigenvalue weighted by molar-refractivity contribution is 0.104. The third-order valence-corrected chi connectivity index (χ3v) is 4.65. The Morgan fingerprint density at radius 2 is 2.11 bits per heavy atom. The molecule has 0 bridgehead atoms. The highest BCUT2D eigenvalue weighted by Gasteiger charge is 2.20. The quantitative estimate of drug-likeness (QED) is 0.748. The Morgan fingerprint density at radius 1 is 1.28 bits per heavy atom. The summed E-state index contributed by atoms with van der Waals surface area (Å²) in [6, 6.07) is 6.37. The van der Waals surface area contributed by atoms with E-state index in [2.05, 4.69) is 0 Å². The smallest absolute Gasteiger partial charge is 0.203 e. The lowest BCUT2D eigenvalue weighted by atomic mass is 10.0. The molecule has 0 atom stereocenters. The van der Waals surface area contributed by atoms with Crippen molar-refractivity contribution in [3.63, 3.8) is 0 Å². The number of carbonyl (C=O) groups is 1. The first-order chi connectivity index (χ1) is 8.65. The Bertz CT molecular complexity index is 606. The third kappa shape index (κ3) is 1.89. The maximum absolute atomic E-state index is 13.2. The fraction of sp³-hybridized carbons (Fsp3) is 0.267. The second-order valence-corrected chi connectivity index (χ2v) is 5.84. The fourth-order valence-corrected chi connectivity index (χ4v) is 3.62. The first kappa shape index (κ1) is 11.6. The Morgan fingerprint density at radius 3 is 2.89 bits per heavy atom. The Labute approximate surface area is 109 Å². The predicted molar refractivity (Wildman–Crippen MR) is 70.9 cm³/mol. The van der Waals surface area contributed by atoms with Crippen molar-refractivity contribution in [3.05, 3.63) is 56.5 Å². The van der Waals surface area contributed by atoms with Crippen LogP contribution in [0.2, 0.25) is 0 Å². The molecule has 1 aromatic heterocycles. The number of hydrogen-bond donors (Lipinski definition) is 0. The van der Waals surface area contributed by atoms with Crippen LogP contribution in [0.15, 0.2) is 24.3 Å². The van der Waals surface area contributed by atoms with Gasteiger partial charge in [-0.05, 0) is 55.5 Å². The average Bonchev–Trinajstić information content (AvgIpc) is 2.91. The predicted octanol–water partition coefficient (Wildman–Crippen LogP) is 3.92. The molecule has 0 saturated heterocycles. The molecule has 1 nitrogen and oxygen atoms in total. The van der Waals surface area contributed by atoms with Crippen LogP contribution in [0.4, 0.5) is 4.39 Å². The molecule has 3 heteroatoms. The van der Waals surface area contributed by atoms with Crippen LogP contribution in [0.5, 0.6) is 0 Å². The van der Waals surface area contributed by atoms with Crippen molar-refractivity contribution < 1.29 is 9.18 Å². The van der Waals surface area contributed by atoms with Crippen molar-refractivity contribution in [2.45, 2.75) is 26.2 Å². The molecule has 2 aromatic rings. The molecular formula is C15H13FOS. The van der Waals surface area contributed by atoms with E-state index in [-0.39, 0.29) is 11.6 Å². The van der Waals surface area contributed by atoms with Gasteiger partial charge in [-0.15, -0.1) is 11.3 Å². The van der Waals surface area contributed by atoms with Crippen LogP contribution >= 0.6 is 11.3 Å². The van der Waals surface area contributed by atoms with Crippen LogP contribution in [0.3, 0.4) is 0 Å². The number of hydrogen-bond acceptors (Lipinski definition) is 2. The van der Waals surface area contributed by atoms with Gasteiger partial charge in [0, 0.05) is 10.4 Å². The second-order valence-electron chi connectivity index (χ2n) is 4.70. The first-order valence-corrected chi connectivity index (χ1v) is 6.89. The van der Waals surface area contributed by atoms with Gasteiger partial charge in [-0.2, -0.15) is 0 Å². The fourth-order valence-electron chi connectivity index (χ4n) is 2.41. The molecular weight excluding hydrogens is 247 g/mol. The molecule has 0 aliphatic heterocycles. The lowest BCUT2D eigenvalue weighted by Crippen LogP contribution is -2.02. The van der Waals surface area contributed by atoms with Gasteiger partial charge in [-0.25, -0.2) is 4.39 Å². The zero-order valence-corrected chi connectivity index (χ0v) is 10.9. The van der Waals surface area contributed by atoms with E-state index >= 15 is 0 Å². The third-order valence-electron chi connectivity index (χ3n) is 3.41. The zero-order valence-electron chi connectivity index (χ0n) is 10.1. The monoisotopic (exact) mass is 260 g/mol.